The van der Waals surface area contributed by atoms with Gasteiger partial charge < -0.3 is 25.9 Å². The highest BCUT2D eigenvalue weighted by Crippen LogP contribution is 2.50. The SMILES string of the molecule is CCC(C)N/C=C(\C=N)c1ccc(NC(=O)C2(c3ccc(OC(F)(F)F)cc3F)CC2)cc1C(=O)O. The molecule has 4 N–H and O–H groups in total. The van der Waals surface area contributed by atoms with Crippen molar-refractivity contribution in [2.45, 2.75) is 50.9 Å². The van der Waals surface area contributed by atoms with Crippen molar-refractivity contribution >= 4 is 29.4 Å². The van der Waals surface area contributed by atoms with Crippen LogP contribution in [0.1, 0.15) is 54.6 Å². The van der Waals surface area contributed by atoms with E-state index in [0.717, 1.165) is 24.8 Å². The number of aromatic carboxylic acids is 1. The zero-order valence-corrected chi connectivity index (χ0v) is 19.5. The van der Waals surface area contributed by atoms with Crippen LogP contribution in [0.4, 0.5) is 23.2 Å². The summed E-state index contributed by atoms with van der Waals surface area (Å²) in [6.45, 7) is 3.90. The van der Waals surface area contributed by atoms with Gasteiger partial charge in [0.1, 0.15) is 11.6 Å². The van der Waals surface area contributed by atoms with Crippen molar-refractivity contribution in [1.29, 1.82) is 5.41 Å². The number of carbonyl (C=O) groups is 2. The predicted molar refractivity (Wildman–Crippen MR) is 126 cm³/mol. The number of ether oxygens (including phenoxy) is 1. The van der Waals surface area contributed by atoms with E-state index in [-0.39, 0.29) is 41.3 Å². The van der Waals surface area contributed by atoms with Gasteiger partial charge in [-0.05, 0) is 49.9 Å². The molecule has 1 atom stereocenters. The molecule has 192 valence electrons. The molecule has 0 spiro atoms. The lowest BCUT2D eigenvalue weighted by Crippen LogP contribution is -2.29. The maximum Gasteiger partial charge on any atom is 0.573 e. The van der Waals surface area contributed by atoms with Crippen LogP contribution in [0, 0.1) is 11.2 Å². The Balaban J connectivity index is 1.85. The molecule has 0 bridgehead atoms. The lowest BCUT2D eigenvalue weighted by molar-refractivity contribution is -0.274. The third-order valence-corrected chi connectivity index (χ3v) is 5.98. The molecule has 0 saturated heterocycles. The monoisotopic (exact) mass is 507 g/mol. The summed E-state index contributed by atoms with van der Waals surface area (Å²) >= 11 is 0. The number of amides is 1. The van der Waals surface area contributed by atoms with Gasteiger partial charge >= 0.3 is 12.3 Å². The molecular weight excluding hydrogens is 482 g/mol. The molecule has 0 radical (unpaired) electrons. The molecule has 0 aliphatic heterocycles. The minimum Gasteiger partial charge on any atom is -0.478 e. The maximum atomic E-state index is 14.6. The number of alkyl halides is 3. The summed E-state index contributed by atoms with van der Waals surface area (Å²) in [6.07, 6.45) is -1.06. The summed E-state index contributed by atoms with van der Waals surface area (Å²) in [5.41, 5.74) is -0.786. The van der Waals surface area contributed by atoms with Gasteiger partial charge in [0.25, 0.3) is 0 Å². The highest BCUT2D eigenvalue weighted by atomic mass is 19.4. The smallest absolute Gasteiger partial charge is 0.478 e. The van der Waals surface area contributed by atoms with Gasteiger partial charge in [-0.3, -0.25) is 4.79 Å². The van der Waals surface area contributed by atoms with Gasteiger partial charge in [0, 0.05) is 41.3 Å². The van der Waals surface area contributed by atoms with E-state index < -0.39 is 35.2 Å². The molecule has 1 aliphatic carbocycles. The van der Waals surface area contributed by atoms with E-state index in [1.54, 1.807) is 6.20 Å². The second-order valence-electron chi connectivity index (χ2n) is 8.51. The van der Waals surface area contributed by atoms with Crippen LogP contribution in [0.5, 0.6) is 5.75 Å². The number of nitrogens with one attached hydrogen (secondary N) is 3. The van der Waals surface area contributed by atoms with Crippen molar-refractivity contribution in [2.75, 3.05) is 5.32 Å². The van der Waals surface area contributed by atoms with Crippen LogP contribution in [0.3, 0.4) is 0 Å². The minimum absolute atomic E-state index is 0.0743. The molecule has 0 aromatic heterocycles. The molecule has 1 amide bonds. The van der Waals surface area contributed by atoms with E-state index in [1.807, 2.05) is 13.8 Å². The highest BCUT2D eigenvalue weighted by molar-refractivity contribution is 6.12. The summed E-state index contributed by atoms with van der Waals surface area (Å²) in [5.74, 6) is -3.64. The molecule has 36 heavy (non-hydrogen) atoms. The topological polar surface area (TPSA) is 112 Å². The third kappa shape index (κ3) is 6.02. The number of anilines is 1. The Morgan fingerprint density at radius 3 is 2.42 bits per heavy atom. The first kappa shape index (κ1) is 26.7. The molecular formula is C25H25F4N3O4. The van der Waals surface area contributed by atoms with Crippen molar-refractivity contribution in [2.24, 2.45) is 0 Å². The van der Waals surface area contributed by atoms with Crippen molar-refractivity contribution < 1.29 is 37.0 Å². The van der Waals surface area contributed by atoms with Crippen LogP contribution < -0.4 is 15.4 Å². The number of carboxylic acid groups (broad SMARTS) is 1. The normalized spacial score (nSPS) is 15.6. The number of benzene rings is 2. The first-order valence-electron chi connectivity index (χ1n) is 11.1. The van der Waals surface area contributed by atoms with Crippen molar-refractivity contribution in [1.82, 2.24) is 5.32 Å². The van der Waals surface area contributed by atoms with E-state index >= 15 is 0 Å². The molecule has 7 nitrogen and oxygen atoms in total. The van der Waals surface area contributed by atoms with Crippen LogP contribution >= 0.6 is 0 Å². The van der Waals surface area contributed by atoms with Crippen molar-refractivity contribution in [3.63, 3.8) is 0 Å². The standard InChI is InChI=1S/C25H25F4N3O4/c1-3-14(2)31-13-15(12-30)18-6-4-16(10-19(18)22(33)34)32-23(35)24(8-9-24)20-7-5-17(11-21(20)26)36-25(27,28)29/h4-7,10-14,30-31H,3,8-9H2,1-2H3,(H,32,35)(H,33,34)/b15-13+,30-12?. The Morgan fingerprint density at radius 2 is 1.89 bits per heavy atom. The van der Waals surface area contributed by atoms with E-state index in [2.05, 4.69) is 15.4 Å². The zero-order chi connectivity index (χ0) is 26.7. The average molecular weight is 507 g/mol. The van der Waals surface area contributed by atoms with Crippen LogP contribution in [0.15, 0.2) is 42.6 Å². The van der Waals surface area contributed by atoms with E-state index in [1.165, 1.54) is 18.2 Å². The first-order valence-corrected chi connectivity index (χ1v) is 11.1. The lowest BCUT2D eigenvalue weighted by Gasteiger charge is -2.18. The van der Waals surface area contributed by atoms with Crippen LogP contribution in [0.2, 0.25) is 0 Å². The molecule has 1 unspecified atom stereocenters. The molecule has 3 rings (SSSR count). The molecule has 1 saturated carbocycles. The van der Waals surface area contributed by atoms with Gasteiger partial charge in [0.2, 0.25) is 5.91 Å². The average Bonchev–Trinajstić information content (AvgIpc) is 3.60. The summed E-state index contributed by atoms with van der Waals surface area (Å²) in [4.78, 5) is 24.9. The van der Waals surface area contributed by atoms with Crippen molar-refractivity contribution in [3.8, 4) is 5.75 Å². The maximum absolute atomic E-state index is 14.6. The molecule has 1 aliphatic rings. The molecule has 2 aromatic carbocycles. The van der Waals surface area contributed by atoms with Gasteiger partial charge in [-0.2, -0.15) is 0 Å². The van der Waals surface area contributed by atoms with E-state index in [9.17, 15) is 32.3 Å². The quantitative estimate of drug-likeness (QED) is 0.252. The number of carbonyl (C=O) groups excluding carboxylic acids is 1. The van der Waals surface area contributed by atoms with Gasteiger partial charge in [-0.15, -0.1) is 13.2 Å². The summed E-state index contributed by atoms with van der Waals surface area (Å²) < 4.78 is 55.6. The number of halogens is 4. The lowest BCUT2D eigenvalue weighted by atomic mass is 9.93. The van der Waals surface area contributed by atoms with E-state index in [0.29, 0.717) is 11.6 Å². The predicted octanol–water partition coefficient (Wildman–Crippen LogP) is 5.47. The summed E-state index contributed by atoms with van der Waals surface area (Å²) in [5, 5.41) is 23.0. The minimum atomic E-state index is -4.98. The highest BCUT2D eigenvalue weighted by Gasteiger charge is 2.53. The third-order valence-electron chi connectivity index (χ3n) is 5.98. The van der Waals surface area contributed by atoms with Crippen molar-refractivity contribution in [3.05, 3.63) is 65.1 Å². The Hall–Kier alpha value is -3.89. The Labute approximate surface area is 204 Å². The van der Waals surface area contributed by atoms with Gasteiger partial charge in [-0.1, -0.05) is 19.1 Å². The van der Waals surface area contributed by atoms with Crippen LogP contribution in [-0.4, -0.2) is 35.6 Å². The fourth-order valence-electron chi connectivity index (χ4n) is 3.67. The first-order chi connectivity index (χ1) is 16.9. The molecule has 0 heterocycles. The zero-order valence-electron chi connectivity index (χ0n) is 19.5. The summed E-state index contributed by atoms with van der Waals surface area (Å²) in [6, 6.07) is 6.87. The second-order valence-corrected chi connectivity index (χ2v) is 8.51. The molecule has 2 aromatic rings. The Morgan fingerprint density at radius 1 is 1.19 bits per heavy atom. The van der Waals surface area contributed by atoms with E-state index in [4.69, 9.17) is 5.41 Å². The van der Waals surface area contributed by atoms with Gasteiger partial charge in [0.05, 0.1) is 11.0 Å². The number of rotatable bonds is 10. The summed E-state index contributed by atoms with van der Waals surface area (Å²) in [7, 11) is 0. The molecule has 11 heteroatoms. The van der Waals surface area contributed by atoms with Gasteiger partial charge in [0.15, 0.2) is 0 Å². The Bertz CT molecular complexity index is 1210. The fourth-order valence-corrected chi connectivity index (χ4v) is 3.67. The van der Waals surface area contributed by atoms with Crippen LogP contribution in [-0.2, 0) is 10.2 Å². The Kier molecular flexibility index (Phi) is 7.71. The molecule has 1 fully saturated rings. The fraction of sp³-hybridized carbons (Fsp3) is 0.320. The second kappa shape index (κ2) is 10.4. The number of carboxylic acids is 1. The number of allylic oxidation sites excluding steroid dienone is 1. The largest absolute Gasteiger partial charge is 0.573 e. The number of hydrogen-bond donors (Lipinski definition) is 4. The number of hydrogen-bond acceptors (Lipinski definition) is 5. The van der Waals surface area contributed by atoms with Gasteiger partial charge in [-0.25, -0.2) is 9.18 Å². The van der Waals surface area contributed by atoms with Crippen LogP contribution in [0.25, 0.3) is 5.57 Å².